The molecule has 0 saturated carbocycles. The van der Waals surface area contributed by atoms with E-state index < -0.39 is 0 Å². The maximum atomic E-state index is 5.78. The lowest BCUT2D eigenvalue weighted by Crippen LogP contribution is -1.85. The van der Waals surface area contributed by atoms with Crippen molar-refractivity contribution in [3.05, 3.63) is 529 Å². The minimum Gasteiger partial charge on any atom is -0.456 e. The fourth-order valence-corrected chi connectivity index (χ4v) is 24.4. The molecule has 0 atom stereocenters. The molecule has 0 amide bonds. The number of furan rings is 4. The van der Waals surface area contributed by atoms with E-state index in [-0.39, 0.29) is 0 Å². The summed E-state index contributed by atoms with van der Waals surface area (Å²) in [5.41, 5.74) is 26.1. The van der Waals surface area contributed by atoms with Crippen LogP contribution in [0.3, 0.4) is 0 Å². The number of hydrogen-bond donors (Lipinski definition) is 0. The lowest BCUT2D eigenvalue weighted by molar-refractivity contribution is 0.665. The molecule has 0 bridgehead atoms. The molecule has 22 aromatic carbocycles. The normalized spacial score (nSPS) is 11.1. The Balaban J connectivity index is 0.0000000954. The van der Waals surface area contributed by atoms with Gasteiger partial charge < -0.3 is 17.7 Å². The van der Waals surface area contributed by atoms with Gasteiger partial charge in [-0.05, 0) is 255 Å². The van der Waals surface area contributed by atoms with E-state index >= 15 is 0 Å². The van der Waals surface area contributed by atoms with Crippen LogP contribution in [0.4, 0.5) is 0 Å². The van der Waals surface area contributed by atoms with Gasteiger partial charge in [0.2, 0.25) is 0 Å². The van der Waals surface area contributed by atoms with Gasteiger partial charge in [-0.1, -0.05) is 387 Å². The number of thiophene rings is 4. The molecule has 0 spiro atoms. The maximum absolute atomic E-state index is 5.78. The second-order valence-electron chi connectivity index (χ2n) is 37.3. The van der Waals surface area contributed by atoms with Crippen LogP contribution in [0, 0.1) is 69.2 Å². The molecular formula is C138H108O4S4. The van der Waals surface area contributed by atoms with Crippen molar-refractivity contribution in [1.82, 2.24) is 0 Å². The summed E-state index contributed by atoms with van der Waals surface area (Å²) in [4.78, 5) is 0. The third kappa shape index (κ3) is 20.5. The molecule has 0 radical (unpaired) electrons. The summed E-state index contributed by atoms with van der Waals surface area (Å²) in [5, 5.41) is 26.1. The van der Waals surface area contributed by atoms with Gasteiger partial charge in [-0.3, -0.25) is 0 Å². The maximum Gasteiger partial charge on any atom is 0.138 e. The average Bonchev–Trinajstić information content (AvgIpc) is 1.45. The van der Waals surface area contributed by atoms with Crippen molar-refractivity contribution in [2.24, 2.45) is 0 Å². The van der Waals surface area contributed by atoms with E-state index in [0.29, 0.717) is 0 Å². The molecule has 30 rings (SSSR count). The predicted molar refractivity (Wildman–Crippen MR) is 638 cm³/mol. The monoisotopic (exact) mass is 1960 g/mol. The molecular weight excluding hydrogens is 1850 g/mol. The van der Waals surface area contributed by atoms with E-state index in [1.165, 1.54) is 223 Å². The Morgan fingerprint density at radius 3 is 1.20 bits per heavy atom. The summed E-state index contributed by atoms with van der Waals surface area (Å²) in [6, 6.07) is 165. The molecule has 0 saturated heterocycles. The van der Waals surface area contributed by atoms with E-state index in [1.807, 2.05) is 136 Å². The molecule has 146 heavy (non-hydrogen) atoms. The molecule has 0 aliphatic heterocycles. The second-order valence-corrected chi connectivity index (χ2v) is 41.6. The molecule has 8 heterocycles. The van der Waals surface area contributed by atoms with Gasteiger partial charge in [0.25, 0.3) is 0 Å². The van der Waals surface area contributed by atoms with Crippen molar-refractivity contribution in [2.75, 3.05) is 0 Å². The molecule has 0 aliphatic carbocycles. The van der Waals surface area contributed by atoms with Crippen LogP contribution in [0.5, 0.6) is 0 Å². The molecule has 4 nitrogen and oxygen atoms in total. The first-order valence-corrected chi connectivity index (χ1v) is 52.9. The number of aryl methyl sites for hydroxylation is 10. The zero-order valence-corrected chi connectivity index (χ0v) is 86.6. The smallest absolute Gasteiger partial charge is 0.138 e. The zero-order chi connectivity index (χ0) is 99.7. The number of benzene rings is 22. The Morgan fingerprint density at radius 1 is 0.158 bits per heavy atom. The minimum atomic E-state index is 0.966. The Hall–Kier alpha value is -16.6. The molecule has 8 aromatic heterocycles. The summed E-state index contributed by atoms with van der Waals surface area (Å²) >= 11 is 7.51. The predicted octanol–water partition coefficient (Wildman–Crippen LogP) is 42.7. The summed E-state index contributed by atoms with van der Waals surface area (Å²) in [6.07, 6.45) is 0. The van der Waals surface area contributed by atoms with Gasteiger partial charge in [-0.15, -0.1) is 45.3 Å². The number of para-hydroxylation sites is 5. The van der Waals surface area contributed by atoms with E-state index in [0.717, 1.165) is 44.7 Å². The third-order valence-corrected chi connectivity index (χ3v) is 31.7. The van der Waals surface area contributed by atoms with Gasteiger partial charge in [0, 0.05) is 124 Å². The van der Waals surface area contributed by atoms with Crippen molar-refractivity contribution < 1.29 is 17.7 Å². The van der Waals surface area contributed by atoms with Crippen molar-refractivity contribution >= 4 is 235 Å². The first kappa shape index (κ1) is 95.6. The zero-order valence-electron chi connectivity index (χ0n) is 83.3. The fraction of sp³-hybridized carbons (Fsp3) is 0.0725. The van der Waals surface area contributed by atoms with Crippen molar-refractivity contribution in [3.63, 3.8) is 0 Å². The molecule has 0 fully saturated rings. The highest BCUT2D eigenvalue weighted by Gasteiger charge is 2.16. The van der Waals surface area contributed by atoms with Gasteiger partial charge in [0.1, 0.15) is 44.7 Å². The van der Waals surface area contributed by atoms with Crippen LogP contribution >= 0.6 is 45.3 Å². The number of fused-ring (bicyclic) bond motifs is 26. The van der Waals surface area contributed by atoms with Crippen LogP contribution in [-0.4, -0.2) is 0 Å². The van der Waals surface area contributed by atoms with Crippen LogP contribution < -0.4 is 0 Å². The topological polar surface area (TPSA) is 52.6 Å². The van der Waals surface area contributed by atoms with Crippen LogP contribution in [0.15, 0.2) is 491 Å². The van der Waals surface area contributed by atoms with Gasteiger partial charge >= 0.3 is 0 Å². The molecule has 8 heteroatoms. The summed E-state index contributed by atoms with van der Waals surface area (Å²) in [5.74, 6) is 0. The van der Waals surface area contributed by atoms with Crippen molar-refractivity contribution in [3.8, 4) is 22.3 Å². The number of hydrogen-bond acceptors (Lipinski definition) is 8. The van der Waals surface area contributed by atoms with Crippen molar-refractivity contribution in [2.45, 2.75) is 69.2 Å². The van der Waals surface area contributed by atoms with Gasteiger partial charge in [-0.25, -0.2) is 0 Å². The summed E-state index contributed by atoms with van der Waals surface area (Å²) < 4.78 is 34.1. The largest absolute Gasteiger partial charge is 0.456 e. The number of rotatable bonds is 2. The molecule has 0 unspecified atom stereocenters. The highest BCUT2D eigenvalue weighted by Crippen LogP contribution is 2.43. The highest BCUT2D eigenvalue weighted by atomic mass is 32.1. The average molecular weight is 1960 g/mol. The first-order chi connectivity index (χ1) is 71.5. The lowest BCUT2D eigenvalue weighted by atomic mass is 9.94. The third-order valence-electron chi connectivity index (χ3n) is 27.0. The van der Waals surface area contributed by atoms with E-state index in [4.69, 9.17) is 17.7 Å². The lowest BCUT2D eigenvalue weighted by Gasteiger charge is -2.10. The Bertz CT molecular complexity index is 9420. The van der Waals surface area contributed by atoms with Crippen LogP contribution in [0.25, 0.3) is 212 Å². The van der Waals surface area contributed by atoms with Crippen LogP contribution in [0.1, 0.15) is 55.6 Å². The Morgan fingerprint density at radius 2 is 0.527 bits per heavy atom. The van der Waals surface area contributed by atoms with E-state index in [9.17, 15) is 0 Å². The van der Waals surface area contributed by atoms with E-state index in [2.05, 4.69) is 451 Å². The molecule has 30 aromatic rings. The van der Waals surface area contributed by atoms with Crippen molar-refractivity contribution in [1.29, 1.82) is 0 Å². The van der Waals surface area contributed by atoms with Crippen LogP contribution in [-0.2, 0) is 0 Å². The molecule has 708 valence electrons. The van der Waals surface area contributed by atoms with Gasteiger partial charge in [0.15, 0.2) is 0 Å². The van der Waals surface area contributed by atoms with E-state index in [1.54, 1.807) is 0 Å². The highest BCUT2D eigenvalue weighted by molar-refractivity contribution is 7.27. The second kappa shape index (κ2) is 43.3. The van der Waals surface area contributed by atoms with Crippen LogP contribution in [0.2, 0.25) is 0 Å². The Labute approximate surface area is 866 Å². The van der Waals surface area contributed by atoms with Gasteiger partial charge in [0.05, 0.1) is 0 Å². The Kier molecular flexibility index (Phi) is 28.4. The summed E-state index contributed by atoms with van der Waals surface area (Å²) in [6.45, 7) is 21.4. The summed E-state index contributed by atoms with van der Waals surface area (Å²) in [7, 11) is 0. The first-order valence-electron chi connectivity index (χ1n) is 49.6. The SMILES string of the molecule is Cc1ccc2c(c1)oc1ccccc12.Cc1ccc2c(c1)sc1ccccc12.Cc1ccc2ccccc2c1-c1ccccc1.Cc1ccc2oc3ccccc3c2c1.Cc1ccc2sc3ccccc3c2c1.Cc1cccc2c1oc1ccccc12.Cc1cccc2c1sc1ccccc12.Cc1cccc2cccc(-c3ccccc3)c12.Cc1cccc2oc3ccccc3c12.Cc1cccc2sc3ccccc3c12. The quantitative estimate of drug-likeness (QED) is 0.173. The minimum absolute atomic E-state index is 0.966. The fourth-order valence-electron chi connectivity index (χ4n) is 19.8. The standard InChI is InChI=1S/2C17H14.4C13H10O.4C13H10S/c1-13-7-5-10-15-11-6-12-16(17(13)15)14-8-3-2-4-9-14;1-13-11-12-14-7-5-6-10-16(14)17(13)15-8-3-2-4-9-15;1-9-5-4-7-11-10-6-2-3-8-12(10)14-13(9)11;1-9-5-4-8-12-13(9)10-6-2-3-7-11(10)14-12;1-9-6-7-13-11(8-9)10-4-2-3-5-12(10)14-13;1-9-6-7-11-10-4-2-3-5-12(10)14-13(11)8-9;1-9-5-4-7-11-10-6-2-3-8-12(10)14-13(9)11;1-9-5-4-8-12-13(9)10-6-2-3-7-11(10)14-12;1-9-6-7-13-11(8-9)10-4-2-3-5-12(10)14-13;1-9-6-7-11-10-4-2-3-5-12(10)14-13(11)8-9/h2*2-12H,1H3;8*2-8H,1H3. The molecule has 0 aliphatic rings. The molecule has 0 N–H and O–H groups in total. The van der Waals surface area contributed by atoms with Gasteiger partial charge in [-0.2, -0.15) is 0 Å².